The van der Waals surface area contributed by atoms with Crippen LogP contribution in [0.15, 0.2) is 24.3 Å². The molecule has 0 bridgehead atoms. The fourth-order valence-electron chi connectivity index (χ4n) is 3.82. The molecule has 1 fully saturated rings. The van der Waals surface area contributed by atoms with Gasteiger partial charge < -0.3 is 14.5 Å². The summed E-state index contributed by atoms with van der Waals surface area (Å²) in [6.07, 6.45) is 2.62. The standard InChI is InChI=1S/C23H31ClN4O3S/c1-4-31-22(30)18-6-5-12-27(15-18)21(29)11-13-28(16(2)3)23-25-20(26-32-23)14-17-7-9-19(24)10-8-17/h7-10,16,18H,4-6,11-15H2,1-3H3. The van der Waals surface area contributed by atoms with Gasteiger partial charge in [0, 0.05) is 55.1 Å². The molecule has 1 aromatic carbocycles. The molecule has 3 rings (SSSR count). The van der Waals surface area contributed by atoms with Crippen molar-refractivity contribution in [2.75, 3.05) is 31.1 Å². The molecular weight excluding hydrogens is 448 g/mol. The quantitative estimate of drug-likeness (QED) is 0.503. The van der Waals surface area contributed by atoms with Crippen LogP contribution in [0, 0.1) is 5.92 Å². The molecule has 0 saturated carbocycles. The Morgan fingerprint density at radius 2 is 2.06 bits per heavy atom. The number of aromatic nitrogens is 2. The van der Waals surface area contributed by atoms with Crippen LogP contribution in [0.5, 0.6) is 0 Å². The molecule has 0 aliphatic carbocycles. The van der Waals surface area contributed by atoms with Gasteiger partial charge in [-0.25, -0.2) is 4.98 Å². The lowest BCUT2D eigenvalue weighted by molar-refractivity contribution is -0.151. The van der Waals surface area contributed by atoms with Gasteiger partial charge in [-0.3, -0.25) is 9.59 Å². The lowest BCUT2D eigenvalue weighted by Gasteiger charge is -2.32. The average Bonchev–Trinajstić information content (AvgIpc) is 3.23. The Morgan fingerprint density at radius 1 is 1.31 bits per heavy atom. The molecule has 174 valence electrons. The Hall–Kier alpha value is -2.19. The molecule has 1 aliphatic heterocycles. The van der Waals surface area contributed by atoms with E-state index in [2.05, 4.69) is 23.1 Å². The summed E-state index contributed by atoms with van der Waals surface area (Å²) >= 11 is 7.32. The smallest absolute Gasteiger partial charge is 0.310 e. The molecule has 1 saturated heterocycles. The van der Waals surface area contributed by atoms with Gasteiger partial charge in [0.1, 0.15) is 5.82 Å². The second kappa shape index (κ2) is 11.6. The number of amides is 1. The van der Waals surface area contributed by atoms with Gasteiger partial charge in [-0.1, -0.05) is 23.7 Å². The molecule has 1 aromatic heterocycles. The van der Waals surface area contributed by atoms with E-state index in [1.54, 1.807) is 11.8 Å². The third-order valence-corrected chi connectivity index (χ3v) is 6.61. The van der Waals surface area contributed by atoms with Gasteiger partial charge in [0.2, 0.25) is 11.0 Å². The average molecular weight is 479 g/mol. The van der Waals surface area contributed by atoms with E-state index in [0.29, 0.717) is 44.1 Å². The Bertz CT molecular complexity index is 903. The summed E-state index contributed by atoms with van der Waals surface area (Å²) in [7, 11) is 0. The lowest BCUT2D eigenvalue weighted by atomic mass is 9.98. The Labute approximate surface area is 198 Å². The number of piperidine rings is 1. The predicted octanol–water partition coefficient (Wildman–Crippen LogP) is 4.19. The zero-order valence-electron chi connectivity index (χ0n) is 18.9. The van der Waals surface area contributed by atoms with Gasteiger partial charge in [0.25, 0.3) is 0 Å². The van der Waals surface area contributed by atoms with Gasteiger partial charge in [-0.2, -0.15) is 4.37 Å². The zero-order valence-corrected chi connectivity index (χ0v) is 20.5. The van der Waals surface area contributed by atoms with Crippen molar-refractivity contribution in [3.8, 4) is 0 Å². The zero-order chi connectivity index (χ0) is 23.1. The van der Waals surface area contributed by atoms with Crippen molar-refractivity contribution in [2.45, 2.75) is 52.5 Å². The van der Waals surface area contributed by atoms with Crippen LogP contribution in [-0.4, -0.2) is 58.4 Å². The molecule has 32 heavy (non-hydrogen) atoms. The summed E-state index contributed by atoms with van der Waals surface area (Å²) in [5, 5.41) is 1.53. The van der Waals surface area contributed by atoms with E-state index in [9.17, 15) is 9.59 Å². The number of esters is 1. The van der Waals surface area contributed by atoms with Crippen molar-refractivity contribution in [1.82, 2.24) is 14.3 Å². The molecular formula is C23H31ClN4O3S. The van der Waals surface area contributed by atoms with Crippen molar-refractivity contribution in [2.24, 2.45) is 5.92 Å². The highest BCUT2D eigenvalue weighted by molar-refractivity contribution is 7.09. The molecule has 0 N–H and O–H groups in total. The van der Waals surface area contributed by atoms with Gasteiger partial charge >= 0.3 is 5.97 Å². The maximum atomic E-state index is 12.9. The summed E-state index contributed by atoms with van der Waals surface area (Å²) in [6, 6.07) is 7.87. The second-order valence-corrected chi connectivity index (χ2v) is 9.43. The third kappa shape index (κ3) is 6.65. The van der Waals surface area contributed by atoms with Crippen molar-refractivity contribution in [3.05, 3.63) is 40.7 Å². The number of benzene rings is 1. The first-order chi connectivity index (χ1) is 15.4. The van der Waals surface area contributed by atoms with E-state index in [4.69, 9.17) is 21.3 Å². The molecule has 1 amide bonds. The number of anilines is 1. The molecule has 1 aliphatic rings. The number of carbonyl (C=O) groups excluding carboxylic acids is 2. The number of hydrogen-bond donors (Lipinski definition) is 0. The summed E-state index contributed by atoms with van der Waals surface area (Å²) < 4.78 is 9.65. The highest BCUT2D eigenvalue weighted by atomic mass is 35.5. The van der Waals surface area contributed by atoms with Crippen molar-refractivity contribution in [1.29, 1.82) is 0 Å². The van der Waals surface area contributed by atoms with Crippen molar-refractivity contribution in [3.63, 3.8) is 0 Å². The molecule has 0 spiro atoms. The minimum Gasteiger partial charge on any atom is -0.466 e. The van der Waals surface area contributed by atoms with Crippen LogP contribution in [-0.2, 0) is 20.7 Å². The third-order valence-electron chi connectivity index (χ3n) is 5.56. The fourth-order valence-corrected chi connectivity index (χ4v) is 4.79. The van der Waals surface area contributed by atoms with Crippen LogP contribution in [0.1, 0.15) is 51.4 Å². The summed E-state index contributed by atoms with van der Waals surface area (Å²) in [4.78, 5) is 33.6. The maximum Gasteiger partial charge on any atom is 0.310 e. The topological polar surface area (TPSA) is 75.6 Å². The van der Waals surface area contributed by atoms with Crippen LogP contribution < -0.4 is 4.90 Å². The first-order valence-electron chi connectivity index (χ1n) is 11.2. The molecule has 7 nitrogen and oxygen atoms in total. The fraction of sp³-hybridized carbons (Fsp3) is 0.565. The van der Waals surface area contributed by atoms with Crippen LogP contribution in [0.25, 0.3) is 0 Å². The van der Waals surface area contributed by atoms with Gasteiger partial charge in [-0.05, 0) is 51.3 Å². The van der Waals surface area contributed by atoms with E-state index in [0.717, 1.165) is 29.4 Å². The first kappa shape index (κ1) is 24.5. The number of carbonyl (C=O) groups is 2. The van der Waals surface area contributed by atoms with E-state index in [1.165, 1.54) is 11.5 Å². The number of likely N-dealkylation sites (tertiary alicyclic amines) is 1. The SMILES string of the molecule is CCOC(=O)C1CCCN(C(=O)CCN(c2nc(Cc3ccc(Cl)cc3)ns2)C(C)C)C1. The normalized spacial score (nSPS) is 16.3. The number of hydrogen-bond acceptors (Lipinski definition) is 7. The molecule has 0 radical (unpaired) electrons. The van der Waals surface area contributed by atoms with Crippen LogP contribution in [0.4, 0.5) is 5.13 Å². The predicted molar refractivity (Wildman–Crippen MR) is 127 cm³/mol. The summed E-state index contributed by atoms with van der Waals surface area (Å²) in [6.45, 7) is 8.05. The van der Waals surface area contributed by atoms with E-state index in [1.807, 2.05) is 24.3 Å². The minimum absolute atomic E-state index is 0.0653. The molecule has 1 atom stereocenters. The van der Waals surface area contributed by atoms with Crippen molar-refractivity contribution < 1.29 is 14.3 Å². The summed E-state index contributed by atoms with van der Waals surface area (Å²) in [5.41, 5.74) is 1.10. The molecule has 2 heterocycles. The monoisotopic (exact) mass is 478 g/mol. The summed E-state index contributed by atoms with van der Waals surface area (Å²) in [5.74, 6) is 0.413. The maximum absolute atomic E-state index is 12.9. The van der Waals surface area contributed by atoms with E-state index in [-0.39, 0.29) is 23.8 Å². The molecule has 9 heteroatoms. The van der Waals surface area contributed by atoms with Gasteiger partial charge in [-0.15, -0.1) is 0 Å². The molecule has 1 unspecified atom stereocenters. The Balaban J connectivity index is 1.57. The van der Waals surface area contributed by atoms with E-state index >= 15 is 0 Å². The van der Waals surface area contributed by atoms with Gasteiger partial charge in [0.05, 0.1) is 12.5 Å². The number of nitrogens with zero attached hydrogens (tertiary/aromatic N) is 4. The largest absolute Gasteiger partial charge is 0.466 e. The minimum atomic E-state index is -0.215. The number of halogens is 1. The number of ether oxygens (including phenoxy) is 1. The van der Waals surface area contributed by atoms with Crippen LogP contribution >= 0.6 is 23.1 Å². The van der Waals surface area contributed by atoms with Crippen LogP contribution in [0.2, 0.25) is 5.02 Å². The van der Waals surface area contributed by atoms with Gasteiger partial charge in [0.15, 0.2) is 0 Å². The number of rotatable bonds is 9. The Morgan fingerprint density at radius 3 is 2.75 bits per heavy atom. The molecule has 2 aromatic rings. The highest BCUT2D eigenvalue weighted by Gasteiger charge is 2.29. The first-order valence-corrected chi connectivity index (χ1v) is 12.3. The highest BCUT2D eigenvalue weighted by Crippen LogP contribution is 2.23. The van der Waals surface area contributed by atoms with E-state index < -0.39 is 0 Å². The van der Waals surface area contributed by atoms with Crippen LogP contribution in [0.3, 0.4) is 0 Å². The Kier molecular flexibility index (Phi) is 8.87. The van der Waals surface area contributed by atoms with Crippen molar-refractivity contribution >= 4 is 40.1 Å². The lowest BCUT2D eigenvalue weighted by Crippen LogP contribution is -2.44. The second-order valence-electron chi connectivity index (χ2n) is 8.26.